The molecule has 0 bridgehead atoms. The molecule has 2 aromatic rings. The van der Waals surface area contributed by atoms with E-state index < -0.39 is 30.1 Å². The largest absolute Gasteiger partial charge is 0.495 e. The van der Waals surface area contributed by atoms with Gasteiger partial charge in [0.15, 0.2) is 5.82 Å². The molecule has 0 radical (unpaired) electrons. The molecule has 226 valence electrons. The number of alkyl halides is 2. The van der Waals surface area contributed by atoms with Crippen LogP contribution in [0.1, 0.15) is 61.7 Å². The second-order valence-electron chi connectivity index (χ2n) is 11.8. The number of halogens is 3. The van der Waals surface area contributed by atoms with Gasteiger partial charge in [0, 0.05) is 38.3 Å². The van der Waals surface area contributed by atoms with Gasteiger partial charge in [-0.2, -0.15) is 13.8 Å². The van der Waals surface area contributed by atoms with E-state index in [1.165, 1.54) is 57.0 Å². The number of carbonyl (C=O) groups excluding carboxylic acids is 2. The Morgan fingerprint density at radius 3 is 2.40 bits per heavy atom. The van der Waals surface area contributed by atoms with E-state index in [1.54, 1.807) is 0 Å². The molecule has 2 aliphatic carbocycles. The zero-order chi connectivity index (χ0) is 29.6. The molecule has 0 atom stereocenters. The Hall–Kier alpha value is -3.61. The van der Waals surface area contributed by atoms with Gasteiger partial charge in [-0.15, -0.1) is 0 Å². The summed E-state index contributed by atoms with van der Waals surface area (Å²) in [6, 6.07) is 2.81. The molecule has 1 aromatic carbocycles. The Labute approximate surface area is 242 Å². The summed E-state index contributed by atoms with van der Waals surface area (Å²) in [7, 11) is 2.68. The molecular weight excluding hydrogens is 551 g/mol. The number of hydrogen-bond donors (Lipinski definition) is 2. The lowest BCUT2D eigenvalue weighted by atomic mass is 10.0. The molecule has 0 unspecified atom stereocenters. The van der Waals surface area contributed by atoms with E-state index in [4.69, 9.17) is 4.74 Å². The first kappa shape index (κ1) is 28.5. The third-order valence-electron chi connectivity index (χ3n) is 9.00. The van der Waals surface area contributed by atoms with Crippen molar-refractivity contribution in [3.63, 3.8) is 0 Å². The molecule has 3 fully saturated rings. The molecule has 1 aromatic heterocycles. The van der Waals surface area contributed by atoms with E-state index >= 15 is 4.39 Å². The summed E-state index contributed by atoms with van der Waals surface area (Å²) in [4.78, 5) is 39.0. The van der Waals surface area contributed by atoms with E-state index in [9.17, 15) is 18.4 Å². The summed E-state index contributed by atoms with van der Waals surface area (Å²) < 4.78 is 50.4. The highest BCUT2D eigenvalue weighted by Crippen LogP contribution is 2.40. The van der Waals surface area contributed by atoms with Crippen LogP contribution in [-0.4, -0.2) is 84.5 Å². The molecule has 2 saturated carbocycles. The molecular formula is C29H36F3N7O3. The van der Waals surface area contributed by atoms with Crippen LogP contribution in [0, 0.1) is 5.82 Å². The number of aromatic nitrogens is 2. The highest BCUT2D eigenvalue weighted by Gasteiger charge is 2.49. The number of amides is 2. The predicted octanol–water partition coefficient (Wildman–Crippen LogP) is 4.09. The van der Waals surface area contributed by atoms with Crippen molar-refractivity contribution in [1.29, 1.82) is 0 Å². The van der Waals surface area contributed by atoms with Crippen molar-refractivity contribution in [1.82, 2.24) is 20.2 Å². The number of benzene rings is 1. The third-order valence-corrected chi connectivity index (χ3v) is 9.00. The number of nitrogens with zero attached hydrogens (tertiary/aromatic N) is 5. The number of rotatable bonds is 7. The Morgan fingerprint density at radius 2 is 1.74 bits per heavy atom. The topological polar surface area (TPSA) is 103 Å². The van der Waals surface area contributed by atoms with Crippen molar-refractivity contribution in [2.75, 3.05) is 48.9 Å². The normalized spacial score (nSPS) is 21.7. The number of likely N-dealkylation sites (tertiary alicyclic amines) is 1. The van der Waals surface area contributed by atoms with Crippen LogP contribution in [0.4, 0.5) is 36.3 Å². The van der Waals surface area contributed by atoms with Gasteiger partial charge in [-0.05, 0) is 31.7 Å². The minimum atomic E-state index is -3.59. The number of fused-ring (bicyclic) bond motifs is 1. The summed E-state index contributed by atoms with van der Waals surface area (Å²) in [5.41, 5.74) is 0.190. The van der Waals surface area contributed by atoms with Gasteiger partial charge in [-0.3, -0.25) is 14.5 Å². The summed E-state index contributed by atoms with van der Waals surface area (Å²) >= 11 is 0. The lowest BCUT2D eigenvalue weighted by Crippen LogP contribution is -2.61. The fraction of sp³-hybridized carbons (Fsp3) is 0.586. The minimum Gasteiger partial charge on any atom is -0.495 e. The van der Waals surface area contributed by atoms with Crippen LogP contribution < -0.4 is 25.2 Å². The molecule has 4 aliphatic rings. The molecule has 1 saturated heterocycles. The predicted molar refractivity (Wildman–Crippen MR) is 151 cm³/mol. The zero-order valence-corrected chi connectivity index (χ0v) is 23.8. The fourth-order valence-electron chi connectivity index (χ4n) is 6.65. The van der Waals surface area contributed by atoms with Gasteiger partial charge >= 0.3 is 5.92 Å². The van der Waals surface area contributed by atoms with Crippen molar-refractivity contribution >= 4 is 35.0 Å². The summed E-state index contributed by atoms with van der Waals surface area (Å²) in [6.07, 6.45) is 9.39. The van der Waals surface area contributed by atoms with Gasteiger partial charge in [0.25, 0.3) is 11.8 Å². The van der Waals surface area contributed by atoms with Crippen LogP contribution in [-0.2, 0) is 4.79 Å². The smallest absolute Gasteiger partial charge is 0.342 e. The maximum atomic E-state index is 15.2. The van der Waals surface area contributed by atoms with Crippen LogP contribution in [0.3, 0.4) is 0 Å². The van der Waals surface area contributed by atoms with E-state index in [0.717, 1.165) is 36.9 Å². The van der Waals surface area contributed by atoms with Crippen LogP contribution in [0.15, 0.2) is 18.3 Å². The average molecular weight is 588 g/mol. The number of hydrogen-bond acceptors (Lipinski definition) is 8. The number of carbonyl (C=O) groups is 2. The SMILES string of the molecule is COc1cc(C(=O)NC2CN(C3CCCC3)C2)c(F)cc1Nc1ncc2c(n1)N(C1CCCC1)CC(F)(F)C(=O)N2C. The maximum absolute atomic E-state index is 15.2. The Kier molecular flexibility index (Phi) is 7.62. The quantitative estimate of drug-likeness (QED) is 0.500. The summed E-state index contributed by atoms with van der Waals surface area (Å²) in [5, 5.41) is 5.83. The lowest BCUT2D eigenvalue weighted by molar-refractivity contribution is -0.140. The van der Waals surface area contributed by atoms with Gasteiger partial charge in [0.2, 0.25) is 5.95 Å². The van der Waals surface area contributed by atoms with Crippen LogP contribution in [0.2, 0.25) is 0 Å². The number of nitrogens with one attached hydrogen (secondary N) is 2. The third kappa shape index (κ3) is 5.34. The van der Waals surface area contributed by atoms with Gasteiger partial charge < -0.3 is 25.2 Å². The van der Waals surface area contributed by atoms with Crippen LogP contribution in [0.5, 0.6) is 5.75 Å². The summed E-state index contributed by atoms with van der Waals surface area (Å²) in [5.74, 6) is -5.78. The second kappa shape index (κ2) is 11.2. The first-order valence-electron chi connectivity index (χ1n) is 14.6. The standard InChI is InChI=1S/C29H36F3N7O3/c1-37-23-13-33-28(36-25(23)39(19-9-5-6-10-19)16-29(31,32)27(37)41)35-22-12-21(30)20(11-24(22)42-2)26(40)34-17-14-38(15-17)18-7-3-4-8-18/h11-13,17-19H,3-10,14-16H2,1-2H3,(H,34,40)(H,33,35,36). The van der Waals surface area contributed by atoms with Gasteiger partial charge in [-0.1, -0.05) is 25.7 Å². The molecule has 6 rings (SSSR count). The van der Waals surface area contributed by atoms with E-state index in [0.29, 0.717) is 18.9 Å². The van der Waals surface area contributed by atoms with Gasteiger partial charge in [0.05, 0.1) is 37.1 Å². The Morgan fingerprint density at radius 1 is 1.07 bits per heavy atom. The van der Waals surface area contributed by atoms with Crippen molar-refractivity contribution < 1.29 is 27.5 Å². The molecule has 10 nitrogen and oxygen atoms in total. The maximum Gasteiger partial charge on any atom is 0.342 e. The molecule has 0 spiro atoms. The number of ether oxygens (including phenoxy) is 1. The zero-order valence-electron chi connectivity index (χ0n) is 23.8. The van der Waals surface area contributed by atoms with E-state index in [-0.39, 0.29) is 46.5 Å². The second-order valence-corrected chi connectivity index (χ2v) is 11.8. The first-order chi connectivity index (χ1) is 20.1. The van der Waals surface area contributed by atoms with Crippen molar-refractivity contribution in [3.8, 4) is 5.75 Å². The van der Waals surface area contributed by atoms with E-state index in [1.807, 2.05) is 0 Å². The van der Waals surface area contributed by atoms with Crippen LogP contribution >= 0.6 is 0 Å². The van der Waals surface area contributed by atoms with Crippen LogP contribution in [0.25, 0.3) is 0 Å². The average Bonchev–Trinajstić information content (AvgIpc) is 3.67. The molecule has 42 heavy (non-hydrogen) atoms. The Bertz CT molecular complexity index is 1360. The summed E-state index contributed by atoms with van der Waals surface area (Å²) in [6.45, 7) is 0.732. The molecule has 3 heterocycles. The molecule has 2 aliphatic heterocycles. The highest BCUT2D eigenvalue weighted by molar-refractivity contribution is 6.02. The first-order valence-corrected chi connectivity index (χ1v) is 14.6. The highest BCUT2D eigenvalue weighted by atomic mass is 19.3. The number of anilines is 4. The van der Waals surface area contributed by atoms with Crippen molar-refractivity contribution in [2.45, 2.75) is 75.4 Å². The van der Waals surface area contributed by atoms with Gasteiger partial charge in [-0.25, -0.2) is 9.37 Å². The van der Waals surface area contributed by atoms with Gasteiger partial charge in [0.1, 0.15) is 17.3 Å². The van der Waals surface area contributed by atoms with Crippen molar-refractivity contribution in [2.24, 2.45) is 0 Å². The minimum absolute atomic E-state index is 0.0131. The lowest BCUT2D eigenvalue weighted by Gasteiger charge is -2.43. The van der Waals surface area contributed by atoms with E-state index in [2.05, 4.69) is 25.5 Å². The monoisotopic (exact) mass is 587 g/mol. The molecule has 2 amide bonds. The fourth-order valence-corrected chi connectivity index (χ4v) is 6.65. The number of methoxy groups -OCH3 is 1. The molecule has 2 N–H and O–H groups in total. The Balaban J connectivity index is 1.22. The molecule has 13 heteroatoms. The van der Waals surface area contributed by atoms with Crippen molar-refractivity contribution in [3.05, 3.63) is 29.7 Å².